The first-order chi connectivity index (χ1) is 10.8. The van der Waals surface area contributed by atoms with Crippen molar-refractivity contribution in [2.45, 2.75) is 58.6 Å². The monoisotopic (exact) mass is 340 g/mol. The molecule has 7 heteroatoms. The molecule has 1 saturated heterocycles. The average molecular weight is 340 g/mol. The maximum absolute atomic E-state index is 12.3. The molecule has 2 rings (SSSR count). The molecule has 1 amide bonds. The van der Waals surface area contributed by atoms with Gasteiger partial charge in [-0.2, -0.15) is 0 Å². The second-order valence-corrected chi connectivity index (χ2v) is 8.09. The van der Waals surface area contributed by atoms with Crippen molar-refractivity contribution in [2.24, 2.45) is 5.41 Å². The molecule has 6 nitrogen and oxygen atoms in total. The predicted octanol–water partition coefficient (Wildman–Crippen LogP) is 3.00. The number of rotatable bonds is 6. The van der Waals surface area contributed by atoms with E-state index in [1.54, 1.807) is 0 Å². The Morgan fingerprint density at radius 1 is 1.52 bits per heavy atom. The van der Waals surface area contributed by atoms with E-state index in [0.29, 0.717) is 17.7 Å². The second-order valence-electron chi connectivity index (χ2n) is 7.03. The van der Waals surface area contributed by atoms with E-state index in [1.807, 2.05) is 20.8 Å². The first-order valence-electron chi connectivity index (χ1n) is 7.87. The first-order valence-corrected chi connectivity index (χ1v) is 8.69. The van der Waals surface area contributed by atoms with Gasteiger partial charge in [0.25, 0.3) is 5.91 Å². The van der Waals surface area contributed by atoms with Crippen LogP contribution in [0.15, 0.2) is 6.20 Å². The Labute approximate surface area is 140 Å². The highest BCUT2D eigenvalue weighted by Crippen LogP contribution is 2.31. The summed E-state index contributed by atoms with van der Waals surface area (Å²) in [5.74, 6) is -1.39. The smallest absolute Gasteiger partial charge is 0.326 e. The van der Waals surface area contributed by atoms with E-state index in [1.165, 1.54) is 17.5 Å². The lowest BCUT2D eigenvalue weighted by molar-refractivity contribution is -0.139. The van der Waals surface area contributed by atoms with Crippen LogP contribution in [-0.4, -0.2) is 34.6 Å². The lowest BCUT2D eigenvalue weighted by atomic mass is 9.88. The van der Waals surface area contributed by atoms with Crippen molar-refractivity contribution in [1.29, 1.82) is 0 Å². The van der Waals surface area contributed by atoms with Gasteiger partial charge < -0.3 is 15.2 Å². The molecule has 1 aliphatic heterocycles. The molecule has 2 heterocycles. The molecule has 2 N–H and O–H groups in total. The predicted molar refractivity (Wildman–Crippen MR) is 87.6 cm³/mol. The lowest BCUT2D eigenvalue weighted by Crippen LogP contribution is -2.41. The summed E-state index contributed by atoms with van der Waals surface area (Å²) in [4.78, 5) is 28.3. The highest BCUT2D eigenvalue weighted by Gasteiger charge is 2.26. The molecule has 0 radical (unpaired) electrons. The fraction of sp³-hybridized carbons (Fsp3) is 0.688. The Kier molecular flexibility index (Phi) is 5.75. The molecule has 0 aliphatic carbocycles. The van der Waals surface area contributed by atoms with Crippen LogP contribution in [0.25, 0.3) is 0 Å². The van der Waals surface area contributed by atoms with Gasteiger partial charge >= 0.3 is 5.97 Å². The molecule has 0 spiro atoms. The number of amides is 1. The molecular weight excluding hydrogens is 316 g/mol. The summed E-state index contributed by atoms with van der Waals surface area (Å²) in [5, 5.41) is 12.7. The minimum atomic E-state index is -1.01. The number of carbonyl (C=O) groups is 2. The lowest BCUT2D eigenvalue weighted by Gasteiger charge is -2.21. The molecule has 23 heavy (non-hydrogen) atoms. The number of hydrogen-bond acceptors (Lipinski definition) is 5. The number of carbonyl (C=O) groups excluding carboxylic acids is 1. The van der Waals surface area contributed by atoms with E-state index < -0.39 is 12.0 Å². The number of nitrogens with zero attached hydrogens (tertiary/aromatic N) is 1. The highest BCUT2D eigenvalue weighted by molar-refractivity contribution is 7.13. The van der Waals surface area contributed by atoms with Crippen LogP contribution in [0.1, 0.15) is 67.2 Å². The number of carboxylic acids is 1. The zero-order valence-corrected chi connectivity index (χ0v) is 14.6. The van der Waals surface area contributed by atoms with Crippen molar-refractivity contribution in [2.75, 3.05) is 6.61 Å². The minimum Gasteiger partial charge on any atom is -0.480 e. The molecule has 2 unspecified atom stereocenters. The number of ether oxygens (including phenoxy) is 1. The standard InChI is InChI=1S/C16H24N2O4S/c1-16(2,3)7-6-10(15(20)21)18-13(19)12-9-17-14(23-12)11-5-4-8-22-11/h9-11H,4-8H2,1-3H3,(H,18,19)(H,20,21). The van der Waals surface area contributed by atoms with Crippen LogP contribution in [0.5, 0.6) is 0 Å². The highest BCUT2D eigenvalue weighted by atomic mass is 32.1. The van der Waals surface area contributed by atoms with Crippen LogP contribution < -0.4 is 5.32 Å². The Hall–Kier alpha value is -1.47. The third-order valence-electron chi connectivity index (χ3n) is 3.74. The molecule has 128 valence electrons. The summed E-state index contributed by atoms with van der Waals surface area (Å²) in [6.07, 6.45) is 4.51. The Bertz CT molecular complexity index is 559. The van der Waals surface area contributed by atoms with Crippen molar-refractivity contribution in [1.82, 2.24) is 10.3 Å². The maximum Gasteiger partial charge on any atom is 0.326 e. The summed E-state index contributed by atoms with van der Waals surface area (Å²) in [6, 6.07) is -0.880. The molecule has 1 fully saturated rings. The van der Waals surface area contributed by atoms with Gasteiger partial charge in [-0.25, -0.2) is 9.78 Å². The van der Waals surface area contributed by atoms with Gasteiger partial charge in [0.15, 0.2) is 0 Å². The average Bonchev–Trinajstić information content (AvgIpc) is 3.11. The van der Waals surface area contributed by atoms with Crippen molar-refractivity contribution >= 4 is 23.2 Å². The van der Waals surface area contributed by atoms with Gasteiger partial charge in [0.05, 0.1) is 6.20 Å². The number of aromatic nitrogens is 1. The molecule has 1 aromatic rings. The van der Waals surface area contributed by atoms with E-state index in [9.17, 15) is 14.7 Å². The third-order valence-corrected chi connectivity index (χ3v) is 4.83. The van der Waals surface area contributed by atoms with Gasteiger partial charge in [-0.05, 0) is 31.1 Å². The summed E-state index contributed by atoms with van der Waals surface area (Å²) in [5.41, 5.74) is 0.0237. The molecule has 1 aliphatic rings. The number of hydrogen-bond donors (Lipinski definition) is 2. The van der Waals surface area contributed by atoms with Crippen molar-refractivity contribution in [3.63, 3.8) is 0 Å². The summed E-state index contributed by atoms with van der Waals surface area (Å²) in [7, 11) is 0. The van der Waals surface area contributed by atoms with Gasteiger partial charge in [-0.3, -0.25) is 4.79 Å². The van der Waals surface area contributed by atoms with Crippen LogP contribution in [-0.2, 0) is 9.53 Å². The molecule has 1 aromatic heterocycles. The van der Waals surface area contributed by atoms with Gasteiger partial charge in [0.1, 0.15) is 22.0 Å². The Balaban J connectivity index is 1.96. The fourth-order valence-electron chi connectivity index (χ4n) is 2.38. The summed E-state index contributed by atoms with van der Waals surface area (Å²) < 4.78 is 5.55. The third kappa shape index (κ3) is 5.28. The van der Waals surface area contributed by atoms with Crippen molar-refractivity contribution in [3.05, 3.63) is 16.1 Å². The fourth-order valence-corrected chi connectivity index (χ4v) is 3.28. The molecule has 0 bridgehead atoms. The van der Waals surface area contributed by atoms with Crippen molar-refractivity contribution < 1.29 is 19.4 Å². The number of aliphatic carboxylic acids is 1. The largest absolute Gasteiger partial charge is 0.480 e. The van der Waals surface area contributed by atoms with Gasteiger partial charge in [-0.1, -0.05) is 20.8 Å². The quantitative estimate of drug-likeness (QED) is 0.831. The Morgan fingerprint density at radius 2 is 2.26 bits per heavy atom. The zero-order chi connectivity index (χ0) is 17.0. The molecule has 2 atom stereocenters. The van der Waals surface area contributed by atoms with Gasteiger partial charge in [-0.15, -0.1) is 11.3 Å². The normalized spacial score (nSPS) is 19.5. The number of carboxylic acid groups (broad SMARTS) is 1. The maximum atomic E-state index is 12.3. The topological polar surface area (TPSA) is 88.5 Å². The van der Waals surface area contributed by atoms with E-state index in [4.69, 9.17) is 4.74 Å². The minimum absolute atomic E-state index is 0.0237. The molecular formula is C16H24N2O4S. The zero-order valence-electron chi connectivity index (χ0n) is 13.8. The van der Waals surface area contributed by atoms with Crippen LogP contribution >= 0.6 is 11.3 Å². The second kappa shape index (κ2) is 7.40. The van der Waals surface area contributed by atoms with Crippen LogP contribution in [0, 0.1) is 5.41 Å². The van der Waals surface area contributed by atoms with Crippen LogP contribution in [0.2, 0.25) is 0 Å². The first kappa shape index (κ1) is 17.9. The van der Waals surface area contributed by atoms with Gasteiger partial charge in [0.2, 0.25) is 0 Å². The van der Waals surface area contributed by atoms with Crippen LogP contribution in [0.4, 0.5) is 0 Å². The van der Waals surface area contributed by atoms with E-state index in [-0.39, 0.29) is 17.4 Å². The molecule has 0 aromatic carbocycles. The van der Waals surface area contributed by atoms with Crippen molar-refractivity contribution in [3.8, 4) is 0 Å². The summed E-state index contributed by atoms with van der Waals surface area (Å²) in [6.45, 7) is 6.86. The molecule has 0 saturated carbocycles. The van der Waals surface area contributed by atoms with E-state index >= 15 is 0 Å². The van der Waals surface area contributed by atoms with E-state index in [2.05, 4.69) is 10.3 Å². The van der Waals surface area contributed by atoms with Crippen LogP contribution in [0.3, 0.4) is 0 Å². The van der Waals surface area contributed by atoms with E-state index in [0.717, 1.165) is 24.5 Å². The number of thiazole rings is 1. The summed E-state index contributed by atoms with van der Waals surface area (Å²) >= 11 is 1.27. The Morgan fingerprint density at radius 3 is 2.83 bits per heavy atom. The number of nitrogens with one attached hydrogen (secondary N) is 1. The SMILES string of the molecule is CC(C)(C)CCC(NC(=O)c1cnc(C2CCCO2)s1)C(=O)O. The van der Waals surface area contributed by atoms with Gasteiger partial charge in [0, 0.05) is 6.61 Å².